The summed E-state index contributed by atoms with van der Waals surface area (Å²) in [4.78, 5) is 31.0. The Bertz CT molecular complexity index is 1670. The molecule has 3 N–H and O–H groups in total. The van der Waals surface area contributed by atoms with E-state index in [9.17, 15) is 27.9 Å². The van der Waals surface area contributed by atoms with E-state index < -0.39 is 29.7 Å². The lowest BCUT2D eigenvalue weighted by Crippen LogP contribution is -2.47. The number of amides is 3. The molecule has 2 aliphatic rings. The van der Waals surface area contributed by atoms with Crippen LogP contribution >= 0.6 is 0 Å². The van der Waals surface area contributed by atoms with Crippen LogP contribution in [-0.4, -0.2) is 85.2 Å². The van der Waals surface area contributed by atoms with E-state index in [-0.39, 0.29) is 55.0 Å². The molecule has 0 fully saturated rings. The van der Waals surface area contributed by atoms with Gasteiger partial charge in [-0.05, 0) is 100 Å². The zero-order valence-electron chi connectivity index (χ0n) is 29.9. The number of anilines is 2. The molecule has 0 aromatic heterocycles. The molecule has 0 saturated carbocycles. The van der Waals surface area contributed by atoms with Crippen molar-refractivity contribution in [2.24, 2.45) is 5.92 Å². The summed E-state index contributed by atoms with van der Waals surface area (Å²) in [5.41, 5.74) is 0.854. The van der Waals surface area contributed by atoms with Crippen molar-refractivity contribution < 1.29 is 46.8 Å². The number of aliphatic hydroxyl groups excluding tert-OH is 1. The average Bonchev–Trinajstić information content (AvgIpc) is 3.57. The highest BCUT2D eigenvalue weighted by Crippen LogP contribution is 2.34. The van der Waals surface area contributed by atoms with Gasteiger partial charge in [-0.3, -0.25) is 9.69 Å². The fourth-order valence-corrected chi connectivity index (χ4v) is 6.22. The topological polar surface area (TPSA) is 122 Å². The number of ether oxygens (including phenoxy) is 4. The first kappa shape index (κ1) is 38.7. The summed E-state index contributed by atoms with van der Waals surface area (Å²) in [6.45, 7) is 7.68. The van der Waals surface area contributed by atoms with Gasteiger partial charge in [0, 0.05) is 43.5 Å². The number of fused-ring (bicyclic) bond motifs is 2. The molecule has 0 bridgehead atoms. The van der Waals surface area contributed by atoms with Crippen molar-refractivity contribution in [1.29, 1.82) is 0 Å². The Kier molecular flexibility index (Phi) is 12.9. The Morgan fingerprint density at radius 1 is 0.981 bits per heavy atom. The molecule has 3 amide bonds. The number of aliphatic hydroxyl groups is 1. The number of alkyl halides is 3. The third-order valence-corrected chi connectivity index (χ3v) is 9.16. The third kappa shape index (κ3) is 10.3. The van der Waals surface area contributed by atoms with Gasteiger partial charge in [0.2, 0.25) is 6.79 Å². The summed E-state index contributed by atoms with van der Waals surface area (Å²) >= 11 is 0. The van der Waals surface area contributed by atoms with Crippen molar-refractivity contribution in [2.75, 3.05) is 50.8 Å². The quantitative estimate of drug-likeness (QED) is 0.227. The molecule has 52 heavy (non-hydrogen) atoms. The molecule has 2 heterocycles. The highest BCUT2D eigenvalue weighted by molar-refractivity contribution is 6.02. The van der Waals surface area contributed by atoms with Gasteiger partial charge in [0.15, 0.2) is 11.5 Å². The second-order valence-electron chi connectivity index (χ2n) is 13.5. The molecule has 2 aliphatic heterocycles. The van der Waals surface area contributed by atoms with Crippen molar-refractivity contribution in [3.8, 4) is 17.2 Å². The van der Waals surface area contributed by atoms with E-state index in [0.29, 0.717) is 31.9 Å². The van der Waals surface area contributed by atoms with Crippen molar-refractivity contribution in [2.45, 2.75) is 71.0 Å². The minimum Gasteiger partial charge on any atom is -0.490 e. The summed E-state index contributed by atoms with van der Waals surface area (Å²) in [5, 5.41) is 15.4. The number of nitrogens with one attached hydrogen (secondary N) is 2. The lowest BCUT2D eigenvalue weighted by molar-refractivity contribution is -0.137. The normalized spacial score (nSPS) is 20.4. The molecule has 11 nitrogen and oxygen atoms in total. The Hall–Kier alpha value is -4.53. The smallest absolute Gasteiger partial charge is 0.416 e. The van der Waals surface area contributed by atoms with Crippen LogP contribution in [0.2, 0.25) is 0 Å². The van der Waals surface area contributed by atoms with Crippen molar-refractivity contribution >= 4 is 23.3 Å². The van der Waals surface area contributed by atoms with Crippen LogP contribution in [0.4, 0.5) is 29.3 Å². The van der Waals surface area contributed by atoms with Gasteiger partial charge >= 0.3 is 12.2 Å². The van der Waals surface area contributed by atoms with E-state index in [1.54, 1.807) is 24.0 Å². The lowest BCUT2D eigenvalue weighted by atomic mass is 10.0. The minimum atomic E-state index is -4.50. The van der Waals surface area contributed by atoms with E-state index in [1.807, 2.05) is 39.1 Å². The van der Waals surface area contributed by atoms with Crippen LogP contribution in [0.15, 0.2) is 60.7 Å². The summed E-state index contributed by atoms with van der Waals surface area (Å²) in [6, 6.07) is 13.4. The zero-order chi connectivity index (χ0) is 37.4. The molecule has 282 valence electrons. The van der Waals surface area contributed by atoms with E-state index in [2.05, 4.69) is 15.5 Å². The minimum absolute atomic E-state index is 0.140. The van der Waals surface area contributed by atoms with Crippen molar-refractivity contribution in [3.05, 3.63) is 77.4 Å². The Balaban J connectivity index is 1.34. The number of hydrogen-bond donors (Lipinski definition) is 3. The first-order valence-corrected chi connectivity index (χ1v) is 17.5. The van der Waals surface area contributed by atoms with E-state index in [4.69, 9.17) is 18.9 Å². The van der Waals surface area contributed by atoms with E-state index in [1.165, 1.54) is 6.07 Å². The van der Waals surface area contributed by atoms with Gasteiger partial charge in [-0.25, -0.2) is 4.79 Å². The van der Waals surface area contributed by atoms with Crippen LogP contribution in [0.5, 0.6) is 17.2 Å². The highest BCUT2D eigenvalue weighted by atomic mass is 19.4. The molecular weight excluding hydrogens is 681 g/mol. The number of halogens is 3. The number of carbonyl (C=O) groups excluding carboxylic acids is 2. The van der Waals surface area contributed by atoms with Crippen LogP contribution in [0, 0.1) is 5.92 Å². The Morgan fingerprint density at radius 3 is 2.40 bits per heavy atom. The van der Waals surface area contributed by atoms with Crippen LogP contribution in [-0.2, 0) is 17.5 Å². The summed E-state index contributed by atoms with van der Waals surface area (Å²) in [7, 11) is 2.02. The average molecular weight is 729 g/mol. The second kappa shape index (κ2) is 17.3. The molecule has 5 rings (SSSR count). The number of nitrogens with zero attached hydrogens (tertiary/aromatic N) is 2. The number of benzene rings is 3. The fraction of sp³-hybridized carbons (Fsp3) is 0.474. The fourth-order valence-electron chi connectivity index (χ4n) is 6.22. The number of urea groups is 1. The maximum absolute atomic E-state index is 14.4. The molecule has 4 atom stereocenters. The molecule has 0 radical (unpaired) electrons. The molecular formula is C38H47F3N4O7. The first-order chi connectivity index (χ1) is 24.8. The molecule has 3 aromatic rings. The van der Waals surface area contributed by atoms with Gasteiger partial charge in [-0.1, -0.05) is 13.0 Å². The van der Waals surface area contributed by atoms with E-state index in [0.717, 1.165) is 54.2 Å². The summed E-state index contributed by atoms with van der Waals surface area (Å²) in [5.74, 6) is 1.24. The van der Waals surface area contributed by atoms with Gasteiger partial charge in [0.25, 0.3) is 5.91 Å². The van der Waals surface area contributed by atoms with Crippen molar-refractivity contribution in [3.63, 3.8) is 0 Å². The third-order valence-electron chi connectivity index (χ3n) is 9.16. The summed E-state index contributed by atoms with van der Waals surface area (Å²) in [6.07, 6.45) is -2.59. The standard InChI is InChI=1S/C38H47F3N4O7/c1-24-19-45(25(2)22-46)36(47)31-18-30(43-37(48)42-29-11-9-28(10-12-29)38(39,40)41)13-15-32(31)52-26(3)7-5-6-16-49-35(24)21-44(4)20-27-8-14-33-34(17-27)51-23-50-33/h8-15,17-18,24-26,35,46H,5-7,16,19-23H2,1-4H3,(H2,42,43,48)/t24-,25-,26-,35+/m0/s1. The van der Waals surface area contributed by atoms with Gasteiger partial charge in [0.1, 0.15) is 5.75 Å². The molecule has 0 unspecified atom stereocenters. The number of rotatable bonds is 8. The molecule has 3 aromatic carbocycles. The molecule has 0 saturated heterocycles. The number of hydrogen-bond acceptors (Lipinski definition) is 8. The SMILES string of the molecule is C[C@H]1CCCCO[C@H](CN(C)Cc2ccc3c(c2)OCO3)[C@@H](C)CN([C@@H](C)CO)C(=O)c2cc(NC(=O)Nc3ccc(C(F)(F)F)cc3)ccc2O1. The van der Waals surface area contributed by atoms with Gasteiger partial charge in [0.05, 0.1) is 36.0 Å². The monoisotopic (exact) mass is 728 g/mol. The van der Waals surface area contributed by atoms with Gasteiger partial charge in [-0.15, -0.1) is 0 Å². The van der Waals surface area contributed by atoms with Crippen LogP contribution in [0.1, 0.15) is 61.5 Å². The van der Waals surface area contributed by atoms with E-state index >= 15 is 0 Å². The van der Waals surface area contributed by atoms with Crippen LogP contribution < -0.4 is 24.8 Å². The number of carbonyl (C=O) groups is 2. The summed E-state index contributed by atoms with van der Waals surface area (Å²) < 4.78 is 62.7. The first-order valence-electron chi connectivity index (χ1n) is 17.5. The van der Waals surface area contributed by atoms with Crippen molar-refractivity contribution in [1.82, 2.24) is 9.80 Å². The van der Waals surface area contributed by atoms with Crippen LogP contribution in [0.25, 0.3) is 0 Å². The predicted octanol–water partition coefficient (Wildman–Crippen LogP) is 7.01. The Labute approximate surface area is 302 Å². The zero-order valence-corrected chi connectivity index (χ0v) is 29.9. The van der Waals surface area contributed by atoms with Gasteiger partial charge < -0.3 is 39.6 Å². The molecule has 0 aliphatic carbocycles. The predicted molar refractivity (Wildman–Crippen MR) is 190 cm³/mol. The Morgan fingerprint density at radius 2 is 1.67 bits per heavy atom. The maximum atomic E-state index is 14.4. The molecule has 0 spiro atoms. The number of likely N-dealkylation sites (N-methyl/N-ethyl adjacent to an activating group) is 1. The maximum Gasteiger partial charge on any atom is 0.416 e. The highest BCUT2D eigenvalue weighted by Gasteiger charge is 2.32. The van der Waals surface area contributed by atoms with Gasteiger partial charge in [-0.2, -0.15) is 13.2 Å². The lowest BCUT2D eigenvalue weighted by Gasteiger charge is -2.36. The largest absolute Gasteiger partial charge is 0.490 e. The molecule has 14 heteroatoms. The van der Waals surface area contributed by atoms with Crippen LogP contribution in [0.3, 0.4) is 0 Å². The second-order valence-corrected chi connectivity index (χ2v) is 13.5.